The zero-order valence-electron chi connectivity index (χ0n) is 16.0. The molecule has 0 N–H and O–H groups in total. The minimum Gasteiger partial charge on any atom is -0.371 e. The number of hydrogen-bond acceptors (Lipinski definition) is 5. The third-order valence-electron chi connectivity index (χ3n) is 5.41. The van der Waals surface area contributed by atoms with Crippen LogP contribution < -0.4 is 4.90 Å². The first kappa shape index (κ1) is 20.1. The molecule has 2 saturated heterocycles. The van der Waals surface area contributed by atoms with Gasteiger partial charge in [0.1, 0.15) is 10.6 Å². The lowest BCUT2D eigenvalue weighted by Gasteiger charge is -2.34. The van der Waals surface area contributed by atoms with Crippen LogP contribution >= 0.6 is 11.6 Å². The lowest BCUT2D eigenvalue weighted by atomic mass is 10.2. The van der Waals surface area contributed by atoms with E-state index in [0.29, 0.717) is 18.8 Å². The Morgan fingerprint density at radius 1 is 0.966 bits per heavy atom. The van der Waals surface area contributed by atoms with Gasteiger partial charge in [-0.15, -0.1) is 0 Å². The zero-order valence-corrected chi connectivity index (χ0v) is 17.6. The second-order valence-corrected chi connectivity index (χ2v) is 9.53. The van der Waals surface area contributed by atoms with Crippen molar-refractivity contribution in [3.8, 4) is 0 Å². The second kappa shape index (κ2) is 8.30. The highest BCUT2D eigenvalue weighted by Gasteiger charge is 2.32. The van der Waals surface area contributed by atoms with Crippen LogP contribution in [0.5, 0.6) is 0 Å². The third-order valence-corrected chi connectivity index (χ3v) is 7.81. The highest BCUT2D eigenvalue weighted by molar-refractivity contribution is 7.89. The molecule has 2 aliphatic rings. The number of carbonyl (C=O) groups excluding carboxylic acids is 1. The normalized spacial score (nSPS) is 18.2. The van der Waals surface area contributed by atoms with Gasteiger partial charge in [0.15, 0.2) is 0 Å². The van der Waals surface area contributed by atoms with Crippen LogP contribution in [0.4, 0.5) is 5.69 Å². The highest BCUT2D eigenvalue weighted by Crippen LogP contribution is 2.25. The van der Waals surface area contributed by atoms with Gasteiger partial charge in [0.25, 0.3) is 5.91 Å². The molecule has 154 valence electrons. The minimum absolute atomic E-state index is 0.0985. The number of benzene rings is 1. The Hall–Kier alpha value is -2.16. The summed E-state index contributed by atoms with van der Waals surface area (Å²) >= 11 is 6.07. The first-order valence-corrected chi connectivity index (χ1v) is 11.5. The van der Waals surface area contributed by atoms with E-state index in [9.17, 15) is 13.2 Å². The number of carbonyl (C=O) groups is 1. The first-order chi connectivity index (χ1) is 14.0. The molecule has 0 saturated carbocycles. The number of sulfonamides is 1. The SMILES string of the molecule is O=C(c1cc(N2CCCC2)ccn1)N1CCN(S(=O)(=O)c2ccccc2Cl)CC1. The Balaban J connectivity index is 1.44. The third kappa shape index (κ3) is 4.10. The van der Waals surface area contributed by atoms with Gasteiger partial charge in [-0.1, -0.05) is 23.7 Å². The minimum atomic E-state index is -3.68. The van der Waals surface area contributed by atoms with E-state index in [1.807, 2.05) is 12.1 Å². The molecule has 0 aliphatic carbocycles. The summed E-state index contributed by atoms with van der Waals surface area (Å²) in [5.41, 5.74) is 1.41. The van der Waals surface area contributed by atoms with Crippen molar-refractivity contribution in [2.75, 3.05) is 44.2 Å². The molecule has 29 heavy (non-hydrogen) atoms. The van der Waals surface area contributed by atoms with E-state index in [2.05, 4.69) is 9.88 Å². The van der Waals surface area contributed by atoms with Gasteiger partial charge < -0.3 is 9.80 Å². The molecule has 0 atom stereocenters. The van der Waals surface area contributed by atoms with Gasteiger partial charge in [0.2, 0.25) is 10.0 Å². The molecular weight excluding hydrogens is 412 g/mol. The molecule has 1 aromatic carbocycles. The van der Waals surface area contributed by atoms with Crippen molar-refractivity contribution in [3.05, 3.63) is 53.3 Å². The molecule has 1 amide bonds. The number of piperazine rings is 1. The van der Waals surface area contributed by atoms with Gasteiger partial charge >= 0.3 is 0 Å². The lowest BCUT2D eigenvalue weighted by Crippen LogP contribution is -2.50. The van der Waals surface area contributed by atoms with Crippen LogP contribution in [0.2, 0.25) is 5.02 Å². The van der Waals surface area contributed by atoms with Crippen molar-refractivity contribution in [1.82, 2.24) is 14.2 Å². The van der Waals surface area contributed by atoms with E-state index in [-0.39, 0.29) is 28.9 Å². The van der Waals surface area contributed by atoms with Gasteiger partial charge in [-0.3, -0.25) is 9.78 Å². The zero-order chi connectivity index (χ0) is 20.4. The summed E-state index contributed by atoms with van der Waals surface area (Å²) in [5.74, 6) is -0.166. The van der Waals surface area contributed by atoms with Gasteiger partial charge in [0.05, 0.1) is 5.02 Å². The molecule has 0 spiro atoms. The average Bonchev–Trinajstić information content (AvgIpc) is 3.29. The Bertz CT molecular complexity index is 1000. The number of nitrogens with zero attached hydrogens (tertiary/aromatic N) is 4. The number of anilines is 1. The summed E-state index contributed by atoms with van der Waals surface area (Å²) in [6.07, 6.45) is 3.99. The molecule has 0 bridgehead atoms. The fraction of sp³-hybridized carbons (Fsp3) is 0.400. The number of amides is 1. The highest BCUT2D eigenvalue weighted by atomic mass is 35.5. The van der Waals surface area contributed by atoms with Gasteiger partial charge in [-0.2, -0.15) is 4.31 Å². The molecule has 4 rings (SSSR count). The molecule has 0 unspecified atom stereocenters. The van der Waals surface area contributed by atoms with Gasteiger partial charge in [-0.25, -0.2) is 8.42 Å². The van der Waals surface area contributed by atoms with Crippen LogP contribution in [0, 0.1) is 0 Å². The summed E-state index contributed by atoms with van der Waals surface area (Å²) < 4.78 is 27.1. The predicted molar refractivity (Wildman–Crippen MR) is 112 cm³/mol. The van der Waals surface area contributed by atoms with Crippen molar-refractivity contribution in [1.29, 1.82) is 0 Å². The monoisotopic (exact) mass is 434 g/mol. The fourth-order valence-corrected chi connectivity index (χ4v) is 5.71. The molecule has 0 radical (unpaired) electrons. The number of aromatic nitrogens is 1. The van der Waals surface area contributed by atoms with E-state index in [1.165, 1.54) is 10.4 Å². The Morgan fingerprint density at radius 3 is 2.34 bits per heavy atom. The van der Waals surface area contributed by atoms with E-state index in [4.69, 9.17) is 11.6 Å². The Morgan fingerprint density at radius 2 is 1.66 bits per heavy atom. The lowest BCUT2D eigenvalue weighted by molar-refractivity contribution is 0.0692. The molecular formula is C20H23ClN4O3S. The van der Waals surface area contributed by atoms with Crippen LogP contribution in [0.3, 0.4) is 0 Å². The Kier molecular flexibility index (Phi) is 5.76. The largest absolute Gasteiger partial charge is 0.371 e. The van der Waals surface area contributed by atoms with Crippen molar-refractivity contribution < 1.29 is 13.2 Å². The van der Waals surface area contributed by atoms with E-state index < -0.39 is 10.0 Å². The van der Waals surface area contributed by atoms with Crippen molar-refractivity contribution in [2.45, 2.75) is 17.7 Å². The summed E-state index contributed by atoms with van der Waals surface area (Å²) in [6.45, 7) is 3.08. The molecule has 2 aromatic rings. The summed E-state index contributed by atoms with van der Waals surface area (Å²) in [5, 5.41) is 0.203. The molecule has 3 heterocycles. The topological polar surface area (TPSA) is 73.8 Å². The van der Waals surface area contributed by atoms with Crippen LogP contribution in [-0.2, 0) is 10.0 Å². The van der Waals surface area contributed by atoms with Gasteiger partial charge in [0, 0.05) is 51.2 Å². The van der Waals surface area contributed by atoms with Crippen LogP contribution in [0.1, 0.15) is 23.3 Å². The molecule has 2 aliphatic heterocycles. The maximum atomic E-state index is 12.9. The van der Waals surface area contributed by atoms with Crippen LogP contribution in [-0.4, -0.2) is 67.8 Å². The summed E-state index contributed by atoms with van der Waals surface area (Å²) in [6, 6.07) is 10.2. The quantitative estimate of drug-likeness (QED) is 0.739. The molecule has 2 fully saturated rings. The first-order valence-electron chi connectivity index (χ1n) is 9.72. The van der Waals surface area contributed by atoms with E-state index in [1.54, 1.807) is 29.3 Å². The molecule has 9 heteroatoms. The van der Waals surface area contributed by atoms with Crippen molar-refractivity contribution >= 4 is 33.2 Å². The second-order valence-electron chi connectivity index (χ2n) is 7.22. The van der Waals surface area contributed by atoms with E-state index in [0.717, 1.165) is 31.6 Å². The van der Waals surface area contributed by atoms with E-state index >= 15 is 0 Å². The molecule has 1 aromatic heterocycles. The summed E-state index contributed by atoms with van der Waals surface area (Å²) in [7, 11) is -3.68. The smallest absolute Gasteiger partial charge is 0.272 e. The van der Waals surface area contributed by atoms with Crippen LogP contribution in [0.25, 0.3) is 0 Å². The number of halogens is 1. The number of hydrogen-bond donors (Lipinski definition) is 0. The standard InChI is InChI=1S/C20H23ClN4O3S/c21-17-5-1-2-6-19(17)29(27,28)25-13-11-24(12-14-25)20(26)18-15-16(7-8-22-18)23-9-3-4-10-23/h1-2,5-8,15H,3-4,9-14H2. The van der Waals surface area contributed by atoms with Crippen molar-refractivity contribution in [2.24, 2.45) is 0 Å². The maximum Gasteiger partial charge on any atom is 0.272 e. The predicted octanol–water partition coefficient (Wildman–Crippen LogP) is 2.48. The molecule has 7 nitrogen and oxygen atoms in total. The number of rotatable bonds is 4. The van der Waals surface area contributed by atoms with Crippen LogP contribution in [0.15, 0.2) is 47.5 Å². The van der Waals surface area contributed by atoms with Gasteiger partial charge in [-0.05, 0) is 37.1 Å². The Labute approximate surface area is 175 Å². The number of pyridine rings is 1. The fourth-order valence-electron chi connectivity index (χ4n) is 3.79. The summed E-state index contributed by atoms with van der Waals surface area (Å²) in [4.78, 5) is 21.2. The van der Waals surface area contributed by atoms with Crippen molar-refractivity contribution in [3.63, 3.8) is 0 Å². The average molecular weight is 435 g/mol. The maximum absolute atomic E-state index is 12.9.